The van der Waals surface area contributed by atoms with Gasteiger partial charge in [-0.25, -0.2) is 4.79 Å². The highest BCUT2D eigenvalue weighted by Gasteiger charge is 2.26. The van der Waals surface area contributed by atoms with Crippen LogP contribution in [0, 0.1) is 11.8 Å². The van der Waals surface area contributed by atoms with Crippen LogP contribution >= 0.6 is 0 Å². The van der Waals surface area contributed by atoms with Crippen LogP contribution < -0.4 is 10.6 Å². The first kappa shape index (κ1) is 18.3. The van der Waals surface area contributed by atoms with Gasteiger partial charge in [0.15, 0.2) is 0 Å². The molecule has 2 amide bonds. The molecule has 1 fully saturated rings. The number of fused-ring (bicyclic) bond motifs is 1. The average Bonchev–Trinajstić information content (AvgIpc) is 2.96. The van der Waals surface area contributed by atoms with Crippen molar-refractivity contribution in [1.82, 2.24) is 9.88 Å². The van der Waals surface area contributed by atoms with Crippen molar-refractivity contribution in [2.24, 2.45) is 11.8 Å². The molecule has 1 aromatic carbocycles. The number of nitrogens with one attached hydrogen (secondary N) is 2. The Labute approximate surface area is 153 Å². The predicted molar refractivity (Wildman–Crippen MR) is 102 cm³/mol. The Morgan fingerprint density at radius 1 is 1.19 bits per heavy atom. The van der Waals surface area contributed by atoms with Crippen LogP contribution in [0.3, 0.4) is 0 Å². The molecule has 0 radical (unpaired) electrons. The number of carbonyl (C=O) groups is 2. The number of hydrogen-bond donors (Lipinski definition) is 3. The Morgan fingerprint density at radius 3 is 2.58 bits per heavy atom. The summed E-state index contributed by atoms with van der Waals surface area (Å²) in [5, 5.41) is 16.0. The lowest BCUT2D eigenvalue weighted by atomic mass is 9.86. The summed E-state index contributed by atoms with van der Waals surface area (Å²) in [7, 11) is 0. The summed E-state index contributed by atoms with van der Waals surface area (Å²) in [5.74, 6) is -0.426. The molecule has 0 saturated heterocycles. The van der Waals surface area contributed by atoms with Crippen molar-refractivity contribution in [3.63, 3.8) is 0 Å². The van der Waals surface area contributed by atoms with Crippen LogP contribution in [0.5, 0.6) is 0 Å². The van der Waals surface area contributed by atoms with E-state index in [4.69, 9.17) is 5.11 Å². The van der Waals surface area contributed by atoms with Crippen molar-refractivity contribution >= 4 is 28.6 Å². The molecule has 140 valence electrons. The summed E-state index contributed by atoms with van der Waals surface area (Å²) in [6.07, 6.45) is 4.74. The predicted octanol–water partition coefficient (Wildman–Crippen LogP) is 4.06. The Bertz CT molecular complexity index is 789. The molecule has 2 aromatic rings. The normalized spacial score (nSPS) is 20.3. The van der Waals surface area contributed by atoms with Gasteiger partial charge < -0.3 is 20.3 Å². The van der Waals surface area contributed by atoms with Crippen LogP contribution in [0.25, 0.3) is 10.9 Å². The highest BCUT2D eigenvalue weighted by molar-refractivity contribution is 5.93. The average molecular weight is 357 g/mol. The Kier molecular flexibility index (Phi) is 5.49. The molecule has 1 aromatic heterocycles. The molecular formula is C20H27N3O3. The SMILES string of the molecule is CC(C)Cn1ccc2cc(NC(=O)NC3CCC(C(=O)O)CC3)ccc21. The minimum Gasteiger partial charge on any atom is -0.481 e. The number of nitrogens with zero attached hydrogens (tertiary/aromatic N) is 1. The second kappa shape index (κ2) is 7.81. The minimum absolute atomic E-state index is 0.0430. The second-order valence-electron chi connectivity index (χ2n) is 7.62. The van der Waals surface area contributed by atoms with Gasteiger partial charge in [0.05, 0.1) is 5.92 Å². The first-order valence-corrected chi connectivity index (χ1v) is 9.31. The van der Waals surface area contributed by atoms with Crippen molar-refractivity contribution in [3.05, 3.63) is 30.5 Å². The van der Waals surface area contributed by atoms with E-state index in [1.54, 1.807) is 0 Å². The topological polar surface area (TPSA) is 83.4 Å². The van der Waals surface area contributed by atoms with Gasteiger partial charge in [-0.2, -0.15) is 0 Å². The van der Waals surface area contributed by atoms with Crippen molar-refractivity contribution < 1.29 is 14.7 Å². The Hall–Kier alpha value is -2.50. The van der Waals surface area contributed by atoms with Crippen molar-refractivity contribution in [1.29, 1.82) is 0 Å². The van der Waals surface area contributed by atoms with Crippen LogP contribution in [0.4, 0.5) is 10.5 Å². The van der Waals surface area contributed by atoms with Gasteiger partial charge >= 0.3 is 12.0 Å². The van der Waals surface area contributed by atoms with E-state index in [2.05, 4.69) is 41.3 Å². The van der Waals surface area contributed by atoms with Crippen molar-refractivity contribution in [2.75, 3.05) is 5.32 Å². The third-order valence-corrected chi connectivity index (χ3v) is 5.00. The van der Waals surface area contributed by atoms with Gasteiger partial charge in [0.1, 0.15) is 0 Å². The smallest absolute Gasteiger partial charge is 0.319 e. The molecule has 0 atom stereocenters. The third-order valence-electron chi connectivity index (χ3n) is 5.00. The van der Waals surface area contributed by atoms with Gasteiger partial charge in [-0.1, -0.05) is 13.8 Å². The fraction of sp³-hybridized carbons (Fsp3) is 0.500. The van der Waals surface area contributed by atoms with Gasteiger partial charge in [0, 0.05) is 35.4 Å². The van der Waals surface area contributed by atoms with E-state index in [-0.39, 0.29) is 18.0 Å². The molecule has 0 spiro atoms. The van der Waals surface area contributed by atoms with Crippen molar-refractivity contribution in [2.45, 2.75) is 52.1 Å². The number of aromatic nitrogens is 1. The fourth-order valence-corrected chi connectivity index (χ4v) is 3.67. The summed E-state index contributed by atoms with van der Waals surface area (Å²) in [4.78, 5) is 23.2. The molecule has 0 bridgehead atoms. The number of benzene rings is 1. The largest absolute Gasteiger partial charge is 0.481 e. The summed E-state index contributed by atoms with van der Waals surface area (Å²) in [6, 6.07) is 7.80. The molecule has 1 saturated carbocycles. The zero-order valence-electron chi connectivity index (χ0n) is 15.4. The Morgan fingerprint density at radius 2 is 1.92 bits per heavy atom. The zero-order valence-corrected chi connectivity index (χ0v) is 15.4. The van der Waals surface area contributed by atoms with Crippen LogP contribution in [-0.4, -0.2) is 27.7 Å². The maximum atomic E-state index is 12.2. The van der Waals surface area contributed by atoms with E-state index < -0.39 is 5.97 Å². The number of hydrogen-bond acceptors (Lipinski definition) is 2. The minimum atomic E-state index is -0.731. The number of aliphatic carboxylic acids is 1. The summed E-state index contributed by atoms with van der Waals surface area (Å²) < 4.78 is 2.23. The molecule has 1 aliphatic carbocycles. The number of amides is 2. The summed E-state index contributed by atoms with van der Waals surface area (Å²) >= 11 is 0. The lowest BCUT2D eigenvalue weighted by Crippen LogP contribution is -2.40. The molecule has 3 N–H and O–H groups in total. The van der Waals surface area contributed by atoms with Gasteiger partial charge in [0.25, 0.3) is 0 Å². The molecule has 0 aliphatic heterocycles. The van der Waals surface area contributed by atoms with Gasteiger partial charge in [-0.05, 0) is 55.9 Å². The van der Waals surface area contributed by atoms with Crippen LogP contribution in [-0.2, 0) is 11.3 Å². The van der Waals surface area contributed by atoms with Crippen LogP contribution in [0.2, 0.25) is 0 Å². The zero-order chi connectivity index (χ0) is 18.7. The molecular weight excluding hydrogens is 330 g/mol. The monoisotopic (exact) mass is 357 g/mol. The van der Waals surface area contributed by atoms with Crippen molar-refractivity contribution in [3.8, 4) is 0 Å². The fourth-order valence-electron chi connectivity index (χ4n) is 3.67. The number of rotatable bonds is 5. The van der Waals surface area contributed by atoms with E-state index in [0.29, 0.717) is 31.6 Å². The molecule has 6 heteroatoms. The summed E-state index contributed by atoms with van der Waals surface area (Å²) in [6.45, 7) is 5.35. The number of carboxylic acids is 1. The van der Waals surface area contributed by atoms with E-state index >= 15 is 0 Å². The molecule has 0 unspecified atom stereocenters. The van der Waals surface area contributed by atoms with E-state index in [0.717, 1.165) is 23.1 Å². The number of carboxylic acid groups (broad SMARTS) is 1. The Balaban J connectivity index is 1.57. The van der Waals surface area contributed by atoms with E-state index in [9.17, 15) is 9.59 Å². The number of anilines is 1. The first-order valence-electron chi connectivity index (χ1n) is 9.31. The van der Waals surface area contributed by atoms with Gasteiger partial charge in [0.2, 0.25) is 0 Å². The molecule has 1 heterocycles. The van der Waals surface area contributed by atoms with Gasteiger partial charge in [-0.15, -0.1) is 0 Å². The number of urea groups is 1. The molecule has 1 aliphatic rings. The molecule has 26 heavy (non-hydrogen) atoms. The van der Waals surface area contributed by atoms with E-state index in [1.807, 2.05) is 18.2 Å². The molecule has 3 rings (SSSR count). The molecule has 6 nitrogen and oxygen atoms in total. The standard InChI is InChI=1S/C20H27N3O3/c1-13(2)12-23-10-9-15-11-17(7-8-18(15)23)22-20(26)21-16-5-3-14(4-6-16)19(24)25/h7-11,13-14,16H,3-6,12H2,1-2H3,(H,24,25)(H2,21,22,26). The maximum absolute atomic E-state index is 12.2. The van der Waals surface area contributed by atoms with E-state index in [1.165, 1.54) is 0 Å². The second-order valence-corrected chi connectivity index (χ2v) is 7.62. The third kappa shape index (κ3) is 4.36. The maximum Gasteiger partial charge on any atom is 0.319 e. The quantitative estimate of drug-likeness (QED) is 0.754. The van der Waals surface area contributed by atoms with Crippen LogP contribution in [0.15, 0.2) is 30.5 Å². The highest BCUT2D eigenvalue weighted by Crippen LogP contribution is 2.25. The lowest BCUT2D eigenvalue weighted by Gasteiger charge is -2.26. The first-order chi connectivity index (χ1) is 12.4. The van der Waals surface area contributed by atoms with Gasteiger partial charge in [-0.3, -0.25) is 4.79 Å². The van der Waals surface area contributed by atoms with Crippen LogP contribution in [0.1, 0.15) is 39.5 Å². The highest BCUT2D eigenvalue weighted by atomic mass is 16.4. The summed E-state index contributed by atoms with van der Waals surface area (Å²) in [5.41, 5.74) is 1.92. The number of carbonyl (C=O) groups excluding carboxylic acids is 1. The lowest BCUT2D eigenvalue weighted by molar-refractivity contribution is -0.142.